The van der Waals surface area contributed by atoms with Crippen molar-refractivity contribution in [3.05, 3.63) is 97.8 Å². The molecule has 0 saturated carbocycles. The van der Waals surface area contributed by atoms with Gasteiger partial charge >= 0.3 is 0 Å². The molecule has 0 aliphatic carbocycles. The quantitative estimate of drug-likeness (QED) is 0.328. The maximum Gasteiger partial charge on any atom is 0.204 e. The summed E-state index contributed by atoms with van der Waals surface area (Å²) in [5.74, 6) is 0.561. The van der Waals surface area contributed by atoms with Gasteiger partial charge in [-0.1, -0.05) is 24.3 Å². The zero-order chi connectivity index (χ0) is 22.7. The van der Waals surface area contributed by atoms with Crippen LogP contribution in [0.5, 0.6) is 0 Å². The molecule has 34 heavy (non-hydrogen) atoms. The highest BCUT2D eigenvalue weighted by atomic mass is 15.5. The van der Waals surface area contributed by atoms with E-state index in [4.69, 9.17) is 0 Å². The largest absolute Gasteiger partial charge is 0.345 e. The zero-order valence-electron chi connectivity index (χ0n) is 17.9. The third kappa shape index (κ3) is 3.71. The molecule has 3 N–H and O–H groups in total. The summed E-state index contributed by atoms with van der Waals surface area (Å²) in [5.41, 5.74) is 8.07. The van der Waals surface area contributed by atoms with Gasteiger partial charge in [0.25, 0.3) is 0 Å². The second kappa shape index (κ2) is 8.47. The van der Waals surface area contributed by atoms with Crippen LogP contribution in [0.2, 0.25) is 0 Å². The number of nitrogens with one attached hydrogen (secondary N) is 3. The summed E-state index contributed by atoms with van der Waals surface area (Å²) >= 11 is 0. The molecule has 6 rings (SSSR count). The van der Waals surface area contributed by atoms with Gasteiger partial charge < -0.3 is 14.9 Å². The van der Waals surface area contributed by atoms with Crippen molar-refractivity contribution in [1.82, 2.24) is 40.6 Å². The molecule has 0 aliphatic rings. The van der Waals surface area contributed by atoms with Crippen LogP contribution >= 0.6 is 0 Å². The molecule has 0 aliphatic heterocycles. The van der Waals surface area contributed by atoms with Gasteiger partial charge in [0.05, 0.1) is 36.4 Å². The van der Waals surface area contributed by atoms with Gasteiger partial charge in [-0.15, -0.1) is 10.2 Å². The van der Waals surface area contributed by atoms with E-state index in [0.29, 0.717) is 5.82 Å². The summed E-state index contributed by atoms with van der Waals surface area (Å²) in [7, 11) is 0. The molecule has 0 amide bonds. The Morgan fingerprint density at radius 2 is 1.03 bits per heavy atom. The topological polar surface area (TPSA) is 115 Å². The van der Waals surface area contributed by atoms with Crippen LogP contribution in [-0.4, -0.2) is 40.6 Å². The predicted molar refractivity (Wildman–Crippen MR) is 129 cm³/mol. The first-order chi connectivity index (χ1) is 16.8. The number of hydrogen-bond donors (Lipinski definition) is 3. The number of anilines is 3. The number of rotatable bonds is 6. The van der Waals surface area contributed by atoms with Gasteiger partial charge in [0, 0.05) is 22.6 Å². The van der Waals surface area contributed by atoms with E-state index < -0.39 is 0 Å². The van der Waals surface area contributed by atoms with Gasteiger partial charge in [0.15, 0.2) is 0 Å². The predicted octanol–water partition coefficient (Wildman–Crippen LogP) is 5.12. The van der Waals surface area contributed by atoms with Gasteiger partial charge in [0.1, 0.15) is 0 Å². The summed E-state index contributed by atoms with van der Waals surface area (Å²) < 4.78 is 0. The first-order valence-corrected chi connectivity index (χ1v) is 10.7. The molecule has 0 fully saturated rings. The summed E-state index contributed by atoms with van der Waals surface area (Å²) in [6.07, 6.45) is 7.00. The van der Waals surface area contributed by atoms with Crippen molar-refractivity contribution in [3.8, 4) is 33.9 Å². The van der Waals surface area contributed by atoms with E-state index in [1.807, 2.05) is 24.5 Å². The molecule has 6 aromatic rings. The van der Waals surface area contributed by atoms with Crippen LogP contribution in [0, 0.1) is 0 Å². The number of tetrazole rings is 1. The van der Waals surface area contributed by atoms with Crippen LogP contribution < -0.4 is 4.90 Å². The van der Waals surface area contributed by atoms with Crippen LogP contribution in [0.1, 0.15) is 0 Å². The van der Waals surface area contributed by atoms with E-state index in [-0.39, 0.29) is 0 Å². The van der Waals surface area contributed by atoms with Crippen molar-refractivity contribution in [2.75, 3.05) is 4.90 Å². The minimum Gasteiger partial charge on any atom is -0.345 e. The molecule has 9 nitrogen and oxygen atoms in total. The van der Waals surface area contributed by atoms with E-state index in [1.54, 1.807) is 12.7 Å². The fourth-order valence-corrected chi connectivity index (χ4v) is 3.90. The van der Waals surface area contributed by atoms with Crippen LogP contribution in [0.3, 0.4) is 0 Å². The maximum atomic E-state index is 4.12. The number of hydrogen-bond acceptors (Lipinski definition) is 6. The number of H-pyrrole nitrogens is 3. The Kier molecular flexibility index (Phi) is 4.89. The number of imidazole rings is 2. The molecule has 0 atom stereocenters. The highest BCUT2D eigenvalue weighted by molar-refractivity contribution is 5.80. The lowest BCUT2D eigenvalue weighted by Gasteiger charge is -2.26. The van der Waals surface area contributed by atoms with Crippen molar-refractivity contribution >= 4 is 17.1 Å². The maximum absolute atomic E-state index is 4.12. The van der Waals surface area contributed by atoms with Crippen LogP contribution in [0.15, 0.2) is 97.8 Å². The Morgan fingerprint density at radius 1 is 0.559 bits per heavy atom. The minimum absolute atomic E-state index is 0.561. The Morgan fingerprint density at radius 3 is 1.41 bits per heavy atom. The van der Waals surface area contributed by atoms with Gasteiger partial charge in [-0.05, 0) is 64.9 Å². The minimum atomic E-state index is 0.561. The number of aromatic amines is 3. The monoisotopic (exact) mass is 445 g/mol. The second-order valence-electron chi connectivity index (χ2n) is 7.64. The SMILES string of the molecule is c1ncc(-c2ccc(N(c3ccc(-c4nn[nH]n4)cc3)c3ccc(-c4cnc[nH]4)cc3)cc2)[nH]1. The van der Waals surface area contributed by atoms with Gasteiger partial charge in [0.2, 0.25) is 5.82 Å². The second-order valence-corrected chi connectivity index (χ2v) is 7.64. The van der Waals surface area contributed by atoms with E-state index >= 15 is 0 Å². The highest BCUT2D eigenvalue weighted by Crippen LogP contribution is 2.36. The molecule has 9 heteroatoms. The van der Waals surface area contributed by atoms with Crippen molar-refractivity contribution in [2.45, 2.75) is 0 Å². The highest BCUT2D eigenvalue weighted by Gasteiger charge is 2.14. The third-order valence-corrected chi connectivity index (χ3v) is 5.60. The van der Waals surface area contributed by atoms with Gasteiger partial charge in [-0.3, -0.25) is 0 Å². The van der Waals surface area contributed by atoms with E-state index in [9.17, 15) is 0 Å². The standard InChI is InChI=1S/C25H19N9/c1-7-20(8-2-17(1)23-13-26-15-28-23)34(21-9-3-18(4-10-21)24-14-27-16-29-24)22-11-5-19(6-12-22)25-30-32-33-31-25/h1-16H,(H,26,28)(H,27,29)(H,30,31,32,33). The van der Waals surface area contributed by atoms with Gasteiger partial charge in [-0.2, -0.15) is 5.21 Å². The number of aromatic nitrogens is 8. The lowest BCUT2D eigenvalue weighted by molar-refractivity contribution is 0.881. The molecule has 0 radical (unpaired) electrons. The summed E-state index contributed by atoms with van der Waals surface area (Å²) in [4.78, 5) is 16.7. The zero-order valence-corrected chi connectivity index (χ0v) is 17.9. The van der Waals surface area contributed by atoms with Crippen molar-refractivity contribution in [2.24, 2.45) is 0 Å². The molecule has 164 valence electrons. The lowest BCUT2D eigenvalue weighted by atomic mass is 10.1. The third-order valence-electron chi connectivity index (χ3n) is 5.60. The van der Waals surface area contributed by atoms with Crippen molar-refractivity contribution in [1.29, 1.82) is 0 Å². The normalized spacial score (nSPS) is 10.9. The summed E-state index contributed by atoms with van der Waals surface area (Å²) in [6, 6.07) is 24.8. The van der Waals surface area contributed by atoms with Gasteiger partial charge in [-0.25, -0.2) is 9.97 Å². The Hall–Kier alpha value is -5.05. The summed E-state index contributed by atoms with van der Waals surface area (Å²) in [5, 5.41) is 14.3. The molecular formula is C25H19N9. The molecular weight excluding hydrogens is 426 g/mol. The van der Waals surface area contributed by atoms with Crippen LogP contribution in [0.4, 0.5) is 17.1 Å². The molecule has 3 aromatic carbocycles. The number of nitrogens with zero attached hydrogens (tertiary/aromatic N) is 6. The fraction of sp³-hybridized carbons (Fsp3) is 0. The Bertz CT molecular complexity index is 1270. The lowest BCUT2D eigenvalue weighted by Crippen LogP contribution is -2.09. The average Bonchev–Trinajstić information content (AvgIpc) is 3.69. The first kappa shape index (κ1) is 19.6. The van der Waals surface area contributed by atoms with Crippen molar-refractivity contribution in [3.63, 3.8) is 0 Å². The smallest absolute Gasteiger partial charge is 0.204 e. The van der Waals surface area contributed by atoms with Crippen LogP contribution in [0.25, 0.3) is 33.9 Å². The molecule has 0 saturated heterocycles. The molecule has 0 unspecified atom stereocenters. The van der Waals surface area contributed by atoms with E-state index in [2.05, 4.69) is 106 Å². The molecule has 0 bridgehead atoms. The van der Waals surface area contributed by atoms with Crippen LogP contribution in [-0.2, 0) is 0 Å². The van der Waals surface area contributed by atoms with E-state index in [1.165, 1.54) is 0 Å². The van der Waals surface area contributed by atoms with E-state index in [0.717, 1.165) is 45.1 Å². The summed E-state index contributed by atoms with van der Waals surface area (Å²) in [6.45, 7) is 0. The fourth-order valence-electron chi connectivity index (χ4n) is 3.90. The molecule has 0 spiro atoms. The molecule has 3 aromatic heterocycles. The first-order valence-electron chi connectivity index (χ1n) is 10.7. The average molecular weight is 445 g/mol. The van der Waals surface area contributed by atoms with Crippen molar-refractivity contribution < 1.29 is 0 Å². The number of benzene rings is 3. The Labute approximate surface area is 194 Å². The molecule has 3 heterocycles. The Balaban J connectivity index is 1.39.